The molecule has 0 atom stereocenters. The molecule has 142 valence electrons. The fourth-order valence-electron chi connectivity index (χ4n) is 3.36. The van der Waals surface area contributed by atoms with Crippen molar-refractivity contribution in [2.24, 2.45) is 0 Å². The summed E-state index contributed by atoms with van der Waals surface area (Å²) in [5.41, 5.74) is 2.27. The predicted octanol–water partition coefficient (Wildman–Crippen LogP) is 2.78. The summed E-state index contributed by atoms with van der Waals surface area (Å²) in [6.07, 6.45) is 2.34. The average Bonchev–Trinajstić information content (AvgIpc) is 2.68. The Hall–Kier alpha value is -2.82. The summed E-state index contributed by atoms with van der Waals surface area (Å²) >= 11 is 0. The lowest BCUT2D eigenvalue weighted by molar-refractivity contribution is -0.130. The normalized spacial score (nSPS) is 14.6. The second-order valence-electron chi connectivity index (χ2n) is 6.91. The lowest BCUT2D eigenvalue weighted by Gasteiger charge is -2.31. The quantitative estimate of drug-likeness (QED) is 0.855. The molecule has 0 unspecified atom stereocenters. The van der Waals surface area contributed by atoms with Gasteiger partial charge in [0.15, 0.2) is 6.61 Å². The van der Waals surface area contributed by atoms with Crippen molar-refractivity contribution < 1.29 is 14.3 Å². The van der Waals surface area contributed by atoms with Crippen LogP contribution in [0.3, 0.4) is 0 Å². The molecule has 2 aromatic carbocycles. The highest BCUT2D eigenvalue weighted by Gasteiger charge is 2.22. The Labute approximate surface area is 160 Å². The number of ether oxygens (including phenoxy) is 1. The molecule has 5 nitrogen and oxygen atoms in total. The van der Waals surface area contributed by atoms with Crippen LogP contribution in [0.1, 0.15) is 30.9 Å². The standard InChI is InChI=1S/C22H26N2O3/c1-17(25)24-13-11-20(12-14-24)23-22(26)16-27-21-10-6-5-9-19(21)15-18-7-3-2-4-8-18/h2-10,20H,11-16H2,1H3,(H,23,26). The molecule has 3 rings (SSSR count). The summed E-state index contributed by atoms with van der Waals surface area (Å²) < 4.78 is 5.80. The second kappa shape index (κ2) is 9.21. The Kier molecular flexibility index (Phi) is 6.47. The molecular weight excluding hydrogens is 340 g/mol. The third-order valence-electron chi connectivity index (χ3n) is 4.87. The van der Waals surface area contributed by atoms with Crippen molar-refractivity contribution in [1.29, 1.82) is 0 Å². The summed E-state index contributed by atoms with van der Waals surface area (Å²) in [5, 5.41) is 3.02. The van der Waals surface area contributed by atoms with Crippen LogP contribution in [0, 0.1) is 0 Å². The first-order valence-electron chi connectivity index (χ1n) is 9.41. The number of hydrogen-bond acceptors (Lipinski definition) is 3. The Morgan fingerprint density at radius 2 is 1.70 bits per heavy atom. The lowest BCUT2D eigenvalue weighted by atomic mass is 10.0. The van der Waals surface area contributed by atoms with Crippen LogP contribution in [0.25, 0.3) is 0 Å². The zero-order valence-electron chi connectivity index (χ0n) is 15.7. The van der Waals surface area contributed by atoms with E-state index >= 15 is 0 Å². The van der Waals surface area contributed by atoms with Crippen LogP contribution in [0.4, 0.5) is 0 Å². The van der Waals surface area contributed by atoms with Gasteiger partial charge in [-0.2, -0.15) is 0 Å². The number of hydrogen-bond donors (Lipinski definition) is 1. The van der Waals surface area contributed by atoms with Gasteiger partial charge in [-0.15, -0.1) is 0 Å². The monoisotopic (exact) mass is 366 g/mol. The number of likely N-dealkylation sites (tertiary alicyclic amines) is 1. The summed E-state index contributed by atoms with van der Waals surface area (Å²) in [6, 6.07) is 18.1. The highest BCUT2D eigenvalue weighted by Crippen LogP contribution is 2.21. The van der Waals surface area contributed by atoms with E-state index in [-0.39, 0.29) is 24.5 Å². The zero-order chi connectivity index (χ0) is 19.1. The molecule has 0 saturated carbocycles. The van der Waals surface area contributed by atoms with E-state index in [9.17, 15) is 9.59 Å². The Morgan fingerprint density at radius 3 is 2.41 bits per heavy atom. The van der Waals surface area contributed by atoms with Crippen molar-refractivity contribution in [3.63, 3.8) is 0 Å². The zero-order valence-corrected chi connectivity index (χ0v) is 15.7. The SMILES string of the molecule is CC(=O)N1CCC(NC(=O)COc2ccccc2Cc2ccccc2)CC1. The number of benzene rings is 2. The summed E-state index contributed by atoms with van der Waals surface area (Å²) in [5.74, 6) is 0.715. The molecule has 2 aromatic rings. The number of nitrogens with zero attached hydrogens (tertiary/aromatic N) is 1. The second-order valence-corrected chi connectivity index (χ2v) is 6.91. The molecule has 1 aliphatic heterocycles. The van der Waals surface area contributed by atoms with E-state index in [2.05, 4.69) is 17.4 Å². The van der Waals surface area contributed by atoms with E-state index < -0.39 is 0 Å². The largest absolute Gasteiger partial charge is 0.483 e. The molecule has 1 N–H and O–H groups in total. The van der Waals surface area contributed by atoms with E-state index in [4.69, 9.17) is 4.74 Å². The predicted molar refractivity (Wildman–Crippen MR) is 105 cm³/mol. The van der Waals surface area contributed by atoms with Gasteiger partial charge in [-0.3, -0.25) is 9.59 Å². The van der Waals surface area contributed by atoms with Gasteiger partial charge >= 0.3 is 0 Å². The van der Waals surface area contributed by atoms with Gasteiger partial charge in [0.1, 0.15) is 5.75 Å². The Bertz CT molecular complexity index is 768. The molecule has 0 aromatic heterocycles. The van der Waals surface area contributed by atoms with E-state index in [0.29, 0.717) is 13.1 Å². The number of carbonyl (C=O) groups is 2. The molecule has 0 radical (unpaired) electrons. The topological polar surface area (TPSA) is 58.6 Å². The van der Waals surface area contributed by atoms with Gasteiger partial charge in [0.2, 0.25) is 5.91 Å². The molecule has 0 spiro atoms. The van der Waals surface area contributed by atoms with Crippen LogP contribution < -0.4 is 10.1 Å². The maximum Gasteiger partial charge on any atom is 0.258 e. The van der Waals surface area contributed by atoms with Crippen LogP contribution >= 0.6 is 0 Å². The molecule has 0 bridgehead atoms. The van der Waals surface area contributed by atoms with E-state index in [1.54, 1.807) is 6.92 Å². The smallest absolute Gasteiger partial charge is 0.258 e. The fourth-order valence-corrected chi connectivity index (χ4v) is 3.36. The number of amides is 2. The van der Waals surface area contributed by atoms with E-state index in [1.165, 1.54) is 5.56 Å². The molecule has 5 heteroatoms. The highest BCUT2D eigenvalue weighted by molar-refractivity contribution is 5.78. The Morgan fingerprint density at radius 1 is 1.04 bits per heavy atom. The third kappa shape index (κ3) is 5.58. The Balaban J connectivity index is 1.50. The van der Waals surface area contributed by atoms with Crippen LogP contribution in [-0.2, 0) is 16.0 Å². The van der Waals surface area contributed by atoms with Crippen molar-refractivity contribution in [1.82, 2.24) is 10.2 Å². The van der Waals surface area contributed by atoms with Gasteiger partial charge < -0.3 is 15.0 Å². The minimum Gasteiger partial charge on any atom is -0.483 e. The van der Waals surface area contributed by atoms with Gasteiger partial charge in [0.05, 0.1) is 0 Å². The van der Waals surface area contributed by atoms with E-state index in [1.807, 2.05) is 47.4 Å². The van der Waals surface area contributed by atoms with Crippen LogP contribution in [0.2, 0.25) is 0 Å². The lowest BCUT2D eigenvalue weighted by Crippen LogP contribution is -2.47. The minimum absolute atomic E-state index is 0.00126. The van der Waals surface area contributed by atoms with Crippen LogP contribution in [0.5, 0.6) is 5.75 Å². The van der Waals surface area contributed by atoms with E-state index in [0.717, 1.165) is 30.6 Å². The van der Waals surface area contributed by atoms with Gasteiger partial charge in [-0.1, -0.05) is 48.5 Å². The molecule has 27 heavy (non-hydrogen) atoms. The maximum absolute atomic E-state index is 12.3. The van der Waals surface area contributed by atoms with Crippen molar-refractivity contribution in [3.05, 3.63) is 65.7 Å². The number of nitrogens with one attached hydrogen (secondary N) is 1. The minimum atomic E-state index is -0.120. The van der Waals surface area contributed by atoms with Crippen LogP contribution in [0.15, 0.2) is 54.6 Å². The first-order valence-corrected chi connectivity index (χ1v) is 9.41. The van der Waals surface area contributed by atoms with Gasteiger partial charge in [-0.05, 0) is 30.0 Å². The van der Waals surface area contributed by atoms with Gasteiger partial charge in [0, 0.05) is 32.5 Å². The van der Waals surface area contributed by atoms with Crippen molar-refractivity contribution in [2.75, 3.05) is 19.7 Å². The van der Waals surface area contributed by atoms with Gasteiger partial charge in [0.25, 0.3) is 5.91 Å². The first-order chi connectivity index (χ1) is 13.1. The molecule has 0 aliphatic carbocycles. The number of carbonyl (C=O) groups excluding carboxylic acids is 2. The molecule has 1 fully saturated rings. The fraction of sp³-hybridized carbons (Fsp3) is 0.364. The number of para-hydroxylation sites is 1. The summed E-state index contributed by atoms with van der Waals surface area (Å²) in [4.78, 5) is 25.4. The summed E-state index contributed by atoms with van der Waals surface area (Å²) in [7, 11) is 0. The third-order valence-corrected chi connectivity index (χ3v) is 4.87. The molecule has 1 saturated heterocycles. The number of rotatable bonds is 6. The van der Waals surface area contributed by atoms with Crippen LogP contribution in [-0.4, -0.2) is 42.5 Å². The maximum atomic E-state index is 12.3. The highest BCUT2D eigenvalue weighted by atomic mass is 16.5. The first kappa shape index (κ1) is 19.0. The van der Waals surface area contributed by atoms with Crippen molar-refractivity contribution in [2.45, 2.75) is 32.2 Å². The van der Waals surface area contributed by atoms with Crippen molar-refractivity contribution in [3.8, 4) is 5.75 Å². The average molecular weight is 366 g/mol. The molecule has 1 aliphatic rings. The van der Waals surface area contributed by atoms with Gasteiger partial charge in [-0.25, -0.2) is 0 Å². The summed E-state index contributed by atoms with van der Waals surface area (Å²) in [6.45, 7) is 2.97. The number of piperidine rings is 1. The molecule has 1 heterocycles. The van der Waals surface area contributed by atoms with Crippen molar-refractivity contribution >= 4 is 11.8 Å². The molecule has 2 amide bonds. The molecular formula is C22H26N2O3.